The molecule has 0 bridgehead atoms. The summed E-state index contributed by atoms with van der Waals surface area (Å²) in [6.45, 7) is 9.00. The molecule has 1 aliphatic heterocycles. The second-order valence-corrected chi connectivity index (χ2v) is 7.03. The first kappa shape index (κ1) is 16.4. The monoisotopic (exact) mass is 310 g/mol. The maximum Gasteiger partial charge on any atom is 0.263 e. The van der Waals surface area contributed by atoms with Crippen molar-refractivity contribution in [2.24, 2.45) is 5.92 Å². The average molecular weight is 310 g/mol. The van der Waals surface area contributed by atoms with Gasteiger partial charge in [0.05, 0.1) is 16.8 Å². The molecule has 1 fully saturated rings. The Bertz CT molecular complexity index is 483. The van der Waals surface area contributed by atoms with Crippen molar-refractivity contribution in [2.45, 2.75) is 65.5 Å². The highest BCUT2D eigenvalue weighted by molar-refractivity contribution is 7.13. The molecule has 0 saturated carbocycles. The van der Waals surface area contributed by atoms with Crippen LogP contribution in [-0.4, -0.2) is 29.6 Å². The van der Waals surface area contributed by atoms with Crippen LogP contribution in [-0.2, 0) is 4.74 Å². The molecule has 118 valence electrons. The maximum absolute atomic E-state index is 12.4. The molecule has 5 heteroatoms. The van der Waals surface area contributed by atoms with Crippen LogP contribution in [0, 0.1) is 19.8 Å². The molecule has 0 spiro atoms. The summed E-state index contributed by atoms with van der Waals surface area (Å²) in [5.41, 5.74) is 0.832. The van der Waals surface area contributed by atoms with E-state index in [9.17, 15) is 4.79 Å². The number of hydrogen-bond acceptors (Lipinski definition) is 4. The summed E-state index contributed by atoms with van der Waals surface area (Å²) in [6, 6.07) is 0.221. The van der Waals surface area contributed by atoms with Crippen molar-refractivity contribution in [2.75, 3.05) is 6.61 Å². The van der Waals surface area contributed by atoms with Crippen LogP contribution in [0.2, 0.25) is 0 Å². The molecule has 1 amide bonds. The van der Waals surface area contributed by atoms with E-state index in [0.29, 0.717) is 5.92 Å². The number of hydrogen-bond donors (Lipinski definition) is 1. The minimum atomic E-state index is 0.0216. The molecule has 1 aliphatic rings. The second kappa shape index (κ2) is 7.36. The van der Waals surface area contributed by atoms with E-state index in [1.807, 2.05) is 13.8 Å². The lowest BCUT2D eigenvalue weighted by molar-refractivity contribution is -0.0337. The summed E-state index contributed by atoms with van der Waals surface area (Å²) in [7, 11) is 0. The van der Waals surface area contributed by atoms with Crippen molar-refractivity contribution >= 4 is 17.2 Å². The fourth-order valence-corrected chi connectivity index (χ4v) is 3.92. The number of aryl methyl sites for hydroxylation is 2. The van der Waals surface area contributed by atoms with E-state index >= 15 is 0 Å². The molecule has 0 aliphatic carbocycles. The molecule has 0 aromatic carbocycles. The van der Waals surface area contributed by atoms with Gasteiger partial charge in [-0.05, 0) is 32.6 Å². The topological polar surface area (TPSA) is 51.2 Å². The van der Waals surface area contributed by atoms with Gasteiger partial charge in [-0.15, -0.1) is 11.3 Å². The number of ether oxygens (including phenoxy) is 1. The van der Waals surface area contributed by atoms with Crippen LogP contribution in [0.5, 0.6) is 0 Å². The molecule has 2 atom stereocenters. The van der Waals surface area contributed by atoms with Crippen LogP contribution in [0.4, 0.5) is 0 Å². The van der Waals surface area contributed by atoms with Gasteiger partial charge >= 0.3 is 0 Å². The molecule has 4 nitrogen and oxygen atoms in total. The molecule has 1 saturated heterocycles. The lowest BCUT2D eigenvalue weighted by Gasteiger charge is -2.34. The number of carbonyl (C=O) groups excluding carboxylic acids is 1. The lowest BCUT2D eigenvalue weighted by atomic mass is 9.89. The van der Waals surface area contributed by atoms with Gasteiger partial charge in [0.15, 0.2) is 0 Å². The van der Waals surface area contributed by atoms with E-state index in [4.69, 9.17) is 4.74 Å². The van der Waals surface area contributed by atoms with E-state index in [1.165, 1.54) is 11.3 Å². The van der Waals surface area contributed by atoms with E-state index in [2.05, 4.69) is 24.1 Å². The molecular weight excluding hydrogens is 284 g/mol. The van der Waals surface area contributed by atoms with Gasteiger partial charge in [-0.2, -0.15) is 0 Å². The van der Waals surface area contributed by atoms with Crippen LogP contribution in [0.3, 0.4) is 0 Å². The average Bonchev–Trinajstić information content (AvgIpc) is 2.80. The van der Waals surface area contributed by atoms with Crippen LogP contribution in [0.15, 0.2) is 0 Å². The predicted octanol–water partition coefficient (Wildman–Crippen LogP) is 3.47. The number of nitrogens with zero attached hydrogens (tertiary/aromatic N) is 1. The highest BCUT2D eigenvalue weighted by Gasteiger charge is 2.29. The van der Waals surface area contributed by atoms with Crippen LogP contribution < -0.4 is 5.32 Å². The first-order valence-corrected chi connectivity index (χ1v) is 8.73. The number of nitrogens with one attached hydrogen (secondary N) is 1. The summed E-state index contributed by atoms with van der Waals surface area (Å²) in [5, 5.41) is 4.12. The van der Waals surface area contributed by atoms with Gasteiger partial charge in [-0.1, -0.05) is 26.7 Å². The number of carbonyl (C=O) groups is 1. The molecule has 0 radical (unpaired) electrons. The molecule has 2 heterocycles. The first-order valence-electron chi connectivity index (χ1n) is 7.91. The van der Waals surface area contributed by atoms with Gasteiger partial charge in [0, 0.05) is 12.6 Å². The van der Waals surface area contributed by atoms with Gasteiger partial charge in [0.25, 0.3) is 5.91 Å². The Balaban J connectivity index is 1.96. The van der Waals surface area contributed by atoms with Crippen molar-refractivity contribution in [1.82, 2.24) is 10.3 Å². The normalized spacial score (nSPS) is 22.5. The number of rotatable bonds is 5. The Morgan fingerprint density at radius 1 is 1.43 bits per heavy atom. The van der Waals surface area contributed by atoms with Crippen LogP contribution in [0.1, 0.15) is 59.9 Å². The fraction of sp³-hybridized carbons (Fsp3) is 0.750. The van der Waals surface area contributed by atoms with Crippen molar-refractivity contribution in [1.29, 1.82) is 0 Å². The SMILES string of the molecule is CCC(CC)C1CC(NC(=O)c2sc(C)nc2C)CCO1. The van der Waals surface area contributed by atoms with Gasteiger partial charge in [-0.3, -0.25) is 4.79 Å². The Labute approximate surface area is 131 Å². The molecule has 21 heavy (non-hydrogen) atoms. The van der Waals surface area contributed by atoms with Gasteiger partial charge < -0.3 is 10.1 Å². The van der Waals surface area contributed by atoms with E-state index in [1.54, 1.807) is 0 Å². The third-order valence-corrected chi connectivity index (χ3v) is 5.41. The van der Waals surface area contributed by atoms with Gasteiger partial charge in [0.1, 0.15) is 4.88 Å². The minimum Gasteiger partial charge on any atom is -0.378 e. The Morgan fingerprint density at radius 3 is 2.71 bits per heavy atom. The quantitative estimate of drug-likeness (QED) is 0.906. The summed E-state index contributed by atoms with van der Waals surface area (Å²) in [4.78, 5) is 17.5. The molecule has 2 unspecified atom stereocenters. The van der Waals surface area contributed by atoms with E-state index in [0.717, 1.165) is 47.9 Å². The molecule has 1 aromatic rings. The highest BCUT2D eigenvalue weighted by Crippen LogP contribution is 2.26. The zero-order chi connectivity index (χ0) is 15.4. The number of thiazole rings is 1. The first-order chi connectivity index (χ1) is 10.0. The highest BCUT2D eigenvalue weighted by atomic mass is 32.1. The summed E-state index contributed by atoms with van der Waals surface area (Å²) >= 11 is 1.47. The third-order valence-electron chi connectivity index (χ3n) is 4.33. The van der Waals surface area contributed by atoms with Crippen molar-refractivity contribution in [3.63, 3.8) is 0 Å². The predicted molar refractivity (Wildman–Crippen MR) is 85.9 cm³/mol. The van der Waals surface area contributed by atoms with E-state index in [-0.39, 0.29) is 18.1 Å². The maximum atomic E-state index is 12.4. The lowest BCUT2D eigenvalue weighted by Crippen LogP contribution is -2.44. The molecule has 1 aromatic heterocycles. The minimum absolute atomic E-state index is 0.0216. The van der Waals surface area contributed by atoms with Crippen molar-refractivity contribution in [3.8, 4) is 0 Å². The van der Waals surface area contributed by atoms with Crippen LogP contribution in [0.25, 0.3) is 0 Å². The Hall–Kier alpha value is -0.940. The summed E-state index contributed by atoms with van der Waals surface area (Å²) < 4.78 is 5.91. The fourth-order valence-electron chi connectivity index (χ4n) is 3.09. The Kier molecular flexibility index (Phi) is 5.76. The molecular formula is C16H26N2O2S. The standard InChI is InChI=1S/C16H26N2O2S/c1-5-12(6-2)14-9-13(7-8-20-14)18-16(19)15-10(3)17-11(4)21-15/h12-14H,5-9H2,1-4H3,(H,18,19). The van der Waals surface area contributed by atoms with Crippen molar-refractivity contribution in [3.05, 3.63) is 15.6 Å². The Morgan fingerprint density at radius 2 is 2.14 bits per heavy atom. The zero-order valence-electron chi connectivity index (χ0n) is 13.4. The third kappa shape index (κ3) is 4.04. The van der Waals surface area contributed by atoms with Crippen molar-refractivity contribution < 1.29 is 9.53 Å². The number of amides is 1. The molecule has 2 rings (SSSR count). The largest absolute Gasteiger partial charge is 0.378 e. The van der Waals surface area contributed by atoms with Gasteiger partial charge in [0.2, 0.25) is 0 Å². The zero-order valence-corrected chi connectivity index (χ0v) is 14.3. The summed E-state index contributed by atoms with van der Waals surface area (Å²) in [6.07, 6.45) is 4.38. The van der Waals surface area contributed by atoms with Crippen LogP contribution >= 0.6 is 11.3 Å². The molecule has 1 N–H and O–H groups in total. The summed E-state index contributed by atoms with van der Waals surface area (Å²) in [5.74, 6) is 0.616. The second-order valence-electron chi connectivity index (χ2n) is 5.83. The number of aromatic nitrogens is 1. The van der Waals surface area contributed by atoms with E-state index < -0.39 is 0 Å². The smallest absolute Gasteiger partial charge is 0.263 e. The van der Waals surface area contributed by atoms with Gasteiger partial charge in [-0.25, -0.2) is 4.98 Å².